The molecule has 4 rings (SSSR count). The molecule has 1 atom stereocenters. The van der Waals surface area contributed by atoms with Gasteiger partial charge >= 0.3 is 6.03 Å². The number of ether oxygens (including phenoxy) is 2. The highest BCUT2D eigenvalue weighted by molar-refractivity contribution is 6.09. The van der Waals surface area contributed by atoms with Crippen molar-refractivity contribution in [1.29, 1.82) is 0 Å². The first-order chi connectivity index (χ1) is 13.5. The second-order valence-corrected chi connectivity index (χ2v) is 7.82. The van der Waals surface area contributed by atoms with Crippen LogP contribution in [-0.4, -0.2) is 42.6 Å². The van der Waals surface area contributed by atoms with Crippen molar-refractivity contribution in [1.82, 2.24) is 15.5 Å². The van der Waals surface area contributed by atoms with Gasteiger partial charge in [-0.25, -0.2) is 4.79 Å². The van der Waals surface area contributed by atoms with Crippen LogP contribution in [-0.2, 0) is 15.1 Å². The second-order valence-electron chi connectivity index (χ2n) is 7.82. The van der Waals surface area contributed by atoms with E-state index >= 15 is 0 Å². The molecule has 1 aromatic rings. The van der Waals surface area contributed by atoms with E-state index in [1.54, 1.807) is 25.1 Å². The van der Waals surface area contributed by atoms with Gasteiger partial charge < -0.3 is 20.1 Å². The van der Waals surface area contributed by atoms with Crippen molar-refractivity contribution >= 4 is 17.8 Å². The Morgan fingerprint density at radius 3 is 2.75 bits per heavy atom. The Morgan fingerprint density at radius 1 is 1.21 bits per heavy atom. The molecule has 150 valence electrons. The van der Waals surface area contributed by atoms with Gasteiger partial charge in [0.15, 0.2) is 11.5 Å². The van der Waals surface area contributed by atoms with Crippen LogP contribution in [0.15, 0.2) is 18.2 Å². The smallest absolute Gasteiger partial charge is 0.325 e. The van der Waals surface area contributed by atoms with Gasteiger partial charge in [0.2, 0.25) is 12.7 Å². The normalized spacial score (nSPS) is 24.4. The number of amides is 4. The lowest BCUT2D eigenvalue weighted by molar-refractivity contribution is -0.134. The van der Waals surface area contributed by atoms with Crippen LogP contribution in [0, 0.1) is 5.92 Å². The van der Waals surface area contributed by atoms with Crippen molar-refractivity contribution in [2.24, 2.45) is 5.92 Å². The number of fused-ring (bicyclic) bond motifs is 1. The topological polar surface area (TPSA) is 97.0 Å². The summed E-state index contributed by atoms with van der Waals surface area (Å²) in [4.78, 5) is 38.7. The van der Waals surface area contributed by atoms with Gasteiger partial charge in [-0.1, -0.05) is 25.3 Å². The number of nitrogens with zero attached hydrogens (tertiary/aromatic N) is 1. The molecule has 8 nitrogen and oxygen atoms in total. The molecule has 8 heteroatoms. The van der Waals surface area contributed by atoms with Crippen LogP contribution in [0.5, 0.6) is 11.5 Å². The van der Waals surface area contributed by atoms with Gasteiger partial charge in [0.05, 0.1) is 0 Å². The third-order valence-electron chi connectivity index (χ3n) is 5.84. The van der Waals surface area contributed by atoms with Gasteiger partial charge in [0.1, 0.15) is 12.1 Å². The highest BCUT2D eigenvalue weighted by Gasteiger charge is 2.49. The Hall–Kier alpha value is -2.77. The average Bonchev–Trinajstić information content (AvgIpc) is 3.25. The number of nitrogens with one attached hydrogen (secondary N) is 2. The van der Waals surface area contributed by atoms with Gasteiger partial charge in [0.25, 0.3) is 5.91 Å². The molecular formula is C20H25N3O5. The van der Waals surface area contributed by atoms with Crippen LogP contribution in [0.2, 0.25) is 0 Å². The van der Waals surface area contributed by atoms with E-state index in [2.05, 4.69) is 10.6 Å². The van der Waals surface area contributed by atoms with Crippen LogP contribution in [0.1, 0.15) is 44.6 Å². The number of imide groups is 1. The molecule has 1 saturated carbocycles. The minimum atomic E-state index is -1.25. The molecule has 0 unspecified atom stereocenters. The number of rotatable bonds is 5. The standard InChI is InChI=1S/C20H25N3O5/c1-20(14-7-8-15-16(9-14)28-12-27-15)18(25)23(19(26)22-20)11-17(24)21-10-13-5-3-2-4-6-13/h7-9,13H,2-6,10-12H2,1H3,(H,21,24)(H,22,26)/t20-/m1/s1. The Kier molecular flexibility index (Phi) is 4.87. The third-order valence-corrected chi connectivity index (χ3v) is 5.84. The summed E-state index contributed by atoms with van der Waals surface area (Å²) in [6, 6.07) is 4.55. The predicted molar refractivity (Wildman–Crippen MR) is 99.7 cm³/mol. The minimum Gasteiger partial charge on any atom is -0.454 e. The summed E-state index contributed by atoms with van der Waals surface area (Å²) in [6.45, 7) is 2.08. The maximum absolute atomic E-state index is 13.0. The Bertz CT molecular complexity index is 805. The van der Waals surface area contributed by atoms with Crippen molar-refractivity contribution in [3.8, 4) is 11.5 Å². The van der Waals surface area contributed by atoms with Crippen LogP contribution < -0.4 is 20.1 Å². The lowest BCUT2D eigenvalue weighted by Gasteiger charge is -2.23. The Labute approximate surface area is 163 Å². The highest BCUT2D eigenvalue weighted by Crippen LogP contribution is 2.37. The number of carbonyl (C=O) groups is 3. The van der Waals surface area contributed by atoms with E-state index in [9.17, 15) is 14.4 Å². The number of carbonyl (C=O) groups excluding carboxylic acids is 3. The summed E-state index contributed by atoms with van der Waals surface area (Å²) in [7, 11) is 0. The third kappa shape index (κ3) is 3.39. The maximum atomic E-state index is 13.0. The summed E-state index contributed by atoms with van der Waals surface area (Å²) in [5, 5.41) is 5.58. The van der Waals surface area contributed by atoms with Gasteiger partial charge in [-0.15, -0.1) is 0 Å². The molecule has 3 aliphatic rings. The van der Waals surface area contributed by atoms with Crippen molar-refractivity contribution in [3.63, 3.8) is 0 Å². The minimum absolute atomic E-state index is 0.128. The molecule has 2 aliphatic heterocycles. The van der Waals surface area contributed by atoms with Crippen molar-refractivity contribution in [2.45, 2.75) is 44.6 Å². The summed E-state index contributed by atoms with van der Waals surface area (Å²) in [5.41, 5.74) is -0.665. The zero-order valence-electron chi connectivity index (χ0n) is 16.0. The molecule has 1 aliphatic carbocycles. The Morgan fingerprint density at radius 2 is 1.96 bits per heavy atom. The zero-order chi connectivity index (χ0) is 19.7. The summed E-state index contributed by atoms with van der Waals surface area (Å²) < 4.78 is 10.7. The lowest BCUT2D eigenvalue weighted by Crippen LogP contribution is -2.44. The summed E-state index contributed by atoms with van der Waals surface area (Å²) in [5.74, 6) is 0.848. The van der Waals surface area contributed by atoms with Crippen molar-refractivity contribution < 1.29 is 23.9 Å². The van der Waals surface area contributed by atoms with Gasteiger partial charge in [-0.3, -0.25) is 14.5 Å². The Balaban J connectivity index is 1.41. The fraction of sp³-hybridized carbons (Fsp3) is 0.550. The molecule has 2 heterocycles. The molecule has 28 heavy (non-hydrogen) atoms. The van der Waals surface area contributed by atoms with Crippen molar-refractivity contribution in [2.75, 3.05) is 19.9 Å². The van der Waals surface area contributed by atoms with Crippen LogP contribution in [0.25, 0.3) is 0 Å². The number of hydrogen-bond donors (Lipinski definition) is 2. The predicted octanol–water partition coefficient (Wildman–Crippen LogP) is 1.88. The largest absolute Gasteiger partial charge is 0.454 e. The maximum Gasteiger partial charge on any atom is 0.325 e. The molecule has 4 amide bonds. The van der Waals surface area contributed by atoms with E-state index in [1.165, 1.54) is 19.3 Å². The molecule has 1 aromatic carbocycles. The van der Waals surface area contributed by atoms with E-state index < -0.39 is 17.5 Å². The molecule has 0 aromatic heterocycles. The first-order valence-corrected chi connectivity index (χ1v) is 9.78. The van der Waals surface area contributed by atoms with E-state index in [1.807, 2.05) is 0 Å². The van der Waals surface area contributed by atoms with Crippen molar-refractivity contribution in [3.05, 3.63) is 23.8 Å². The highest BCUT2D eigenvalue weighted by atomic mass is 16.7. The van der Waals surface area contributed by atoms with E-state index in [4.69, 9.17) is 9.47 Å². The molecule has 0 bridgehead atoms. The zero-order valence-corrected chi connectivity index (χ0v) is 16.0. The quantitative estimate of drug-likeness (QED) is 0.752. The monoisotopic (exact) mass is 387 g/mol. The molecule has 1 saturated heterocycles. The fourth-order valence-corrected chi connectivity index (χ4v) is 4.09. The second kappa shape index (κ2) is 7.33. The van der Waals surface area contributed by atoms with Gasteiger partial charge in [-0.05, 0) is 43.4 Å². The lowest BCUT2D eigenvalue weighted by atomic mass is 9.89. The first kappa shape index (κ1) is 18.6. The van der Waals surface area contributed by atoms with Crippen LogP contribution in [0.3, 0.4) is 0 Å². The summed E-state index contributed by atoms with van der Waals surface area (Å²) in [6.07, 6.45) is 5.88. The number of benzene rings is 1. The fourth-order valence-electron chi connectivity index (χ4n) is 4.09. The van der Waals surface area contributed by atoms with E-state index in [0.29, 0.717) is 29.5 Å². The SMILES string of the molecule is C[C@]1(c2ccc3c(c2)OCO3)NC(=O)N(CC(=O)NCC2CCCCC2)C1=O. The number of hydrogen-bond acceptors (Lipinski definition) is 5. The van der Waals surface area contributed by atoms with Gasteiger partial charge in [-0.2, -0.15) is 0 Å². The first-order valence-electron chi connectivity index (χ1n) is 9.78. The molecule has 2 fully saturated rings. The van der Waals surface area contributed by atoms with E-state index in [0.717, 1.165) is 17.7 Å². The van der Waals surface area contributed by atoms with E-state index in [-0.39, 0.29) is 19.2 Å². The van der Waals surface area contributed by atoms with Crippen LogP contribution >= 0.6 is 0 Å². The average molecular weight is 387 g/mol. The van der Waals surface area contributed by atoms with Crippen LogP contribution in [0.4, 0.5) is 4.79 Å². The summed E-state index contributed by atoms with van der Waals surface area (Å²) >= 11 is 0. The molecular weight excluding hydrogens is 362 g/mol. The molecule has 2 N–H and O–H groups in total. The number of urea groups is 1. The molecule has 0 radical (unpaired) electrons. The molecule has 0 spiro atoms. The van der Waals surface area contributed by atoms with Gasteiger partial charge in [0, 0.05) is 6.54 Å².